The number of anilines is 1. The van der Waals surface area contributed by atoms with Crippen LogP contribution in [0.15, 0.2) is 103 Å². The third-order valence-electron chi connectivity index (χ3n) is 6.30. The van der Waals surface area contributed by atoms with Gasteiger partial charge in [-0.1, -0.05) is 112 Å². The van der Waals surface area contributed by atoms with E-state index in [1.807, 2.05) is 78.9 Å². The highest BCUT2D eigenvalue weighted by Crippen LogP contribution is 2.26. The average Bonchev–Trinajstić information content (AvgIpc) is 2.87. The second kappa shape index (κ2) is 10.9. The van der Waals surface area contributed by atoms with E-state index < -0.39 is 0 Å². The second-order valence-electron chi connectivity index (χ2n) is 10.0. The van der Waals surface area contributed by atoms with Crippen molar-refractivity contribution in [2.45, 2.75) is 39.2 Å². The summed E-state index contributed by atoms with van der Waals surface area (Å²) in [6.45, 7) is 8.60. The van der Waals surface area contributed by atoms with Crippen LogP contribution in [-0.4, -0.2) is 10.9 Å². The molecule has 0 aliphatic heterocycles. The van der Waals surface area contributed by atoms with Gasteiger partial charge in [-0.05, 0) is 58.9 Å². The van der Waals surface area contributed by atoms with Crippen molar-refractivity contribution < 1.29 is 4.79 Å². The molecule has 0 aromatic heterocycles. The van der Waals surface area contributed by atoms with Crippen LogP contribution in [0.1, 0.15) is 65.0 Å². The highest BCUT2D eigenvalue weighted by Gasteiger charge is 2.18. The minimum Gasteiger partial charge on any atom is -0.352 e. The quantitative estimate of drug-likeness (QED) is 0.215. The summed E-state index contributed by atoms with van der Waals surface area (Å²) in [7, 11) is 0. The molecule has 182 valence electrons. The monoisotopic (exact) mass is 492 g/mol. The van der Waals surface area contributed by atoms with E-state index >= 15 is 0 Å². The zero-order valence-electron chi connectivity index (χ0n) is 21.2. The summed E-state index contributed by atoms with van der Waals surface area (Å²) in [6, 6.07) is 33.8. The molecular formula is C32H32N2OS. The molecule has 4 aromatic carbocycles. The number of thiocarbonyl (C=S) groups is 1. The van der Waals surface area contributed by atoms with Gasteiger partial charge >= 0.3 is 0 Å². The van der Waals surface area contributed by atoms with Crippen molar-refractivity contribution >= 4 is 28.8 Å². The maximum absolute atomic E-state index is 13.2. The zero-order chi connectivity index (χ0) is 25.7. The number of rotatable bonds is 6. The van der Waals surface area contributed by atoms with E-state index in [4.69, 9.17) is 12.2 Å². The number of hydrogen-bond acceptors (Lipinski definition) is 2. The summed E-state index contributed by atoms with van der Waals surface area (Å²) in [5.41, 5.74) is 6.77. The normalized spacial score (nSPS) is 12.0. The molecule has 1 atom stereocenters. The Hall–Kier alpha value is -3.76. The van der Waals surface area contributed by atoms with E-state index in [0.717, 1.165) is 16.8 Å². The van der Waals surface area contributed by atoms with Crippen molar-refractivity contribution in [1.29, 1.82) is 0 Å². The van der Waals surface area contributed by atoms with Crippen LogP contribution in [0.2, 0.25) is 0 Å². The van der Waals surface area contributed by atoms with Crippen LogP contribution in [0.3, 0.4) is 0 Å². The molecule has 0 radical (unpaired) electrons. The molecule has 0 saturated carbocycles. The van der Waals surface area contributed by atoms with Crippen molar-refractivity contribution in [3.8, 4) is 0 Å². The zero-order valence-corrected chi connectivity index (χ0v) is 22.0. The van der Waals surface area contributed by atoms with E-state index in [1.165, 1.54) is 11.1 Å². The first kappa shape index (κ1) is 25.3. The summed E-state index contributed by atoms with van der Waals surface area (Å²) in [4.78, 5) is 13.2. The SMILES string of the molecule is Cc1ccccc1[C@H](NC(=S)Nc1cccc(C(=O)c2ccc(C(C)(C)C)cc2)c1)c1ccccc1. The van der Waals surface area contributed by atoms with Crippen molar-refractivity contribution in [3.63, 3.8) is 0 Å². The fraction of sp³-hybridized carbons (Fsp3) is 0.188. The van der Waals surface area contributed by atoms with E-state index in [9.17, 15) is 4.79 Å². The molecule has 0 saturated heterocycles. The Morgan fingerprint density at radius 2 is 1.44 bits per heavy atom. The van der Waals surface area contributed by atoms with Crippen molar-refractivity contribution in [3.05, 3.63) is 137 Å². The minimum atomic E-state index is -0.0986. The van der Waals surface area contributed by atoms with Gasteiger partial charge in [-0.3, -0.25) is 4.79 Å². The molecular weight excluding hydrogens is 460 g/mol. The van der Waals surface area contributed by atoms with Crippen molar-refractivity contribution in [2.24, 2.45) is 0 Å². The molecule has 0 aliphatic rings. The lowest BCUT2D eigenvalue weighted by Crippen LogP contribution is -2.33. The maximum atomic E-state index is 13.2. The smallest absolute Gasteiger partial charge is 0.193 e. The van der Waals surface area contributed by atoms with Gasteiger partial charge in [0, 0.05) is 16.8 Å². The van der Waals surface area contributed by atoms with Crippen molar-refractivity contribution in [1.82, 2.24) is 5.32 Å². The maximum Gasteiger partial charge on any atom is 0.193 e. The third-order valence-corrected chi connectivity index (χ3v) is 6.52. The lowest BCUT2D eigenvalue weighted by Gasteiger charge is -2.23. The van der Waals surface area contributed by atoms with Crippen LogP contribution in [0, 0.1) is 6.92 Å². The number of carbonyl (C=O) groups excluding carboxylic acids is 1. The average molecular weight is 493 g/mol. The Labute approximate surface area is 219 Å². The van der Waals surface area contributed by atoms with E-state index in [0.29, 0.717) is 16.2 Å². The third kappa shape index (κ3) is 6.07. The molecule has 4 heteroatoms. The van der Waals surface area contributed by atoms with Crippen LogP contribution in [0.5, 0.6) is 0 Å². The van der Waals surface area contributed by atoms with Crippen LogP contribution in [0.4, 0.5) is 5.69 Å². The van der Waals surface area contributed by atoms with Gasteiger partial charge in [0.2, 0.25) is 0 Å². The van der Waals surface area contributed by atoms with E-state index in [2.05, 4.69) is 62.6 Å². The van der Waals surface area contributed by atoms with Gasteiger partial charge in [-0.15, -0.1) is 0 Å². The summed E-state index contributed by atoms with van der Waals surface area (Å²) >= 11 is 5.70. The van der Waals surface area contributed by atoms with Gasteiger partial charge < -0.3 is 10.6 Å². The number of hydrogen-bond donors (Lipinski definition) is 2. The van der Waals surface area contributed by atoms with Crippen LogP contribution in [0.25, 0.3) is 0 Å². The molecule has 4 aromatic rings. The number of aryl methyl sites for hydroxylation is 1. The Bertz CT molecular complexity index is 1360. The highest BCUT2D eigenvalue weighted by molar-refractivity contribution is 7.80. The molecule has 0 unspecified atom stereocenters. The fourth-order valence-corrected chi connectivity index (χ4v) is 4.46. The standard InChI is InChI=1S/C32H32N2OS/c1-22-11-8-9-16-28(22)29(23-12-6-5-7-13-23)34-31(36)33-27-15-10-14-25(21-27)30(35)24-17-19-26(20-18-24)32(2,3)4/h5-21,29H,1-4H3,(H2,33,34,36)/t29-/m1/s1. The Kier molecular flexibility index (Phi) is 7.66. The van der Waals surface area contributed by atoms with Gasteiger partial charge in [0.15, 0.2) is 10.9 Å². The predicted octanol–water partition coefficient (Wildman–Crippen LogP) is 7.60. The van der Waals surface area contributed by atoms with Crippen molar-refractivity contribution in [2.75, 3.05) is 5.32 Å². The molecule has 0 heterocycles. The molecule has 0 aliphatic carbocycles. The fourth-order valence-electron chi connectivity index (χ4n) is 4.22. The summed E-state index contributed by atoms with van der Waals surface area (Å²) in [5, 5.41) is 7.24. The lowest BCUT2D eigenvalue weighted by atomic mass is 9.86. The molecule has 2 N–H and O–H groups in total. The Balaban J connectivity index is 1.52. The Morgan fingerprint density at radius 3 is 2.11 bits per heavy atom. The molecule has 0 amide bonds. The minimum absolute atomic E-state index is 0.0138. The van der Waals surface area contributed by atoms with Gasteiger partial charge in [0.05, 0.1) is 6.04 Å². The topological polar surface area (TPSA) is 41.1 Å². The molecule has 0 spiro atoms. The predicted molar refractivity (Wildman–Crippen MR) is 154 cm³/mol. The van der Waals surface area contributed by atoms with E-state index in [1.54, 1.807) is 0 Å². The van der Waals surface area contributed by atoms with Crippen LogP contribution in [-0.2, 0) is 5.41 Å². The van der Waals surface area contributed by atoms with Crippen LogP contribution >= 0.6 is 12.2 Å². The first-order chi connectivity index (χ1) is 17.2. The summed E-state index contributed by atoms with van der Waals surface area (Å²) in [6.07, 6.45) is 0. The molecule has 0 bridgehead atoms. The summed E-state index contributed by atoms with van der Waals surface area (Å²) < 4.78 is 0. The molecule has 4 rings (SSSR count). The lowest BCUT2D eigenvalue weighted by molar-refractivity contribution is 0.103. The highest BCUT2D eigenvalue weighted by atomic mass is 32.1. The van der Waals surface area contributed by atoms with Gasteiger partial charge in [-0.25, -0.2) is 0 Å². The number of nitrogens with one attached hydrogen (secondary N) is 2. The number of carbonyl (C=O) groups is 1. The Morgan fingerprint density at radius 1 is 0.778 bits per heavy atom. The van der Waals surface area contributed by atoms with Gasteiger partial charge in [0.1, 0.15) is 0 Å². The van der Waals surface area contributed by atoms with E-state index in [-0.39, 0.29) is 17.2 Å². The second-order valence-corrected chi connectivity index (χ2v) is 10.4. The largest absolute Gasteiger partial charge is 0.352 e. The first-order valence-electron chi connectivity index (χ1n) is 12.2. The number of benzene rings is 4. The molecule has 36 heavy (non-hydrogen) atoms. The summed E-state index contributed by atoms with van der Waals surface area (Å²) in [5.74, 6) is -0.0138. The van der Waals surface area contributed by atoms with Gasteiger partial charge in [-0.2, -0.15) is 0 Å². The van der Waals surface area contributed by atoms with Crippen LogP contribution < -0.4 is 10.6 Å². The molecule has 0 fully saturated rings. The molecule has 3 nitrogen and oxygen atoms in total. The van der Waals surface area contributed by atoms with Gasteiger partial charge in [0.25, 0.3) is 0 Å². The number of ketones is 1. The first-order valence-corrected chi connectivity index (χ1v) is 12.6.